The maximum atomic E-state index is 6.01. The molecule has 0 saturated heterocycles. The summed E-state index contributed by atoms with van der Waals surface area (Å²) in [6.07, 6.45) is 7.89. The van der Waals surface area contributed by atoms with Gasteiger partial charge in [0.05, 0.1) is 20.8 Å². The summed E-state index contributed by atoms with van der Waals surface area (Å²) in [7, 11) is 3.17. The topological polar surface area (TPSA) is 91.0 Å². The number of nitrogens with two attached hydrogens (primary N) is 1. The molecule has 1 aromatic heterocycles. The molecule has 3 N–H and O–H groups in total. The molecular weight excluding hydrogens is 356 g/mol. The molecule has 0 atom stereocenters. The molecule has 7 nitrogen and oxygen atoms in total. The van der Waals surface area contributed by atoms with Crippen LogP contribution in [0.3, 0.4) is 0 Å². The lowest BCUT2D eigenvalue weighted by molar-refractivity contribution is 0.342. The number of para-hydroxylation sites is 1. The molecular formula is C21H28N4O3. The van der Waals surface area contributed by atoms with Crippen molar-refractivity contribution >= 4 is 5.96 Å². The summed E-state index contributed by atoms with van der Waals surface area (Å²) in [5.74, 6) is 2.59. The average molecular weight is 384 g/mol. The fraction of sp³-hybridized carbons (Fsp3) is 0.429. The van der Waals surface area contributed by atoms with Crippen molar-refractivity contribution in [3.63, 3.8) is 0 Å². The van der Waals surface area contributed by atoms with Crippen molar-refractivity contribution in [1.29, 1.82) is 0 Å². The summed E-state index contributed by atoms with van der Waals surface area (Å²) >= 11 is 0. The lowest BCUT2D eigenvalue weighted by Crippen LogP contribution is -2.41. The van der Waals surface area contributed by atoms with Crippen LogP contribution in [0.4, 0.5) is 0 Å². The maximum Gasteiger partial charge on any atom is 0.219 e. The van der Waals surface area contributed by atoms with Crippen LogP contribution < -0.4 is 25.3 Å². The number of benzene rings is 1. The van der Waals surface area contributed by atoms with Gasteiger partial charge in [0.2, 0.25) is 11.6 Å². The van der Waals surface area contributed by atoms with E-state index in [0.717, 1.165) is 18.4 Å². The number of aliphatic imine (C=N–C) groups is 1. The van der Waals surface area contributed by atoms with E-state index in [1.807, 2.05) is 24.3 Å². The molecule has 7 heteroatoms. The molecule has 1 saturated carbocycles. The van der Waals surface area contributed by atoms with E-state index in [2.05, 4.69) is 15.3 Å². The third-order valence-electron chi connectivity index (χ3n) is 4.78. The second kappa shape index (κ2) is 9.82. The molecule has 0 unspecified atom stereocenters. The van der Waals surface area contributed by atoms with E-state index in [4.69, 9.17) is 19.9 Å². The number of rotatable bonds is 7. The van der Waals surface area contributed by atoms with Gasteiger partial charge in [-0.3, -0.25) is 0 Å². The Morgan fingerprint density at radius 3 is 2.43 bits per heavy atom. The molecule has 150 valence electrons. The maximum absolute atomic E-state index is 6.01. The number of ether oxygens (including phenoxy) is 3. The monoisotopic (exact) mass is 384 g/mol. The van der Waals surface area contributed by atoms with Crippen LogP contribution in [-0.4, -0.2) is 31.2 Å². The predicted molar refractivity (Wildman–Crippen MR) is 109 cm³/mol. The Bertz CT molecular complexity index is 764. The molecule has 0 radical (unpaired) electrons. The zero-order valence-electron chi connectivity index (χ0n) is 16.5. The molecule has 1 fully saturated rings. The largest absolute Gasteiger partial charge is 0.493 e. The van der Waals surface area contributed by atoms with Crippen molar-refractivity contribution in [3.8, 4) is 23.1 Å². The van der Waals surface area contributed by atoms with Gasteiger partial charge in [-0.2, -0.15) is 0 Å². The van der Waals surface area contributed by atoms with E-state index >= 15 is 0 Å². The summed E-state index contributed by atoms with van der Waals surface area (Å²) in [5, 5.41) is 3.31. The van der Waals surface area contributed by atoms with Crippen LogP contribution in [0.25, 0.3) is 0 Å². The summed E-state index contributed by atoms with van der Waals surface area (Å²) in [4.78, 5) is 8.77. The smallest absolute Gasteiger partial charge is 0.219 e. The van der Waals surface area contributed by atoms with Gasteiger partial charge in [-0.1, -0.05) is 31.4 Å². The van der Waals surface area contributed by atoms with Crippen molar-refractivity contribution in [3.05, 3.63) is 42.1 Å². The van der Waals surface area contributed by atoms with Gasteiger partial charge in [-0.15, -0.1) is 0 Å². The van der Waals surface area contributed by atoms with Gasteiger partial charge in [0.15, 0.2) is 17.5 Å². The first kappa shape index (κ1) is 19.8. The van der Waals surface area contributed by atoms with Crippen molar-refractivity contribution in [2.45, 2.75) is 44.7 Å². The van der Waals surface area contributed by atoms with Crippen molar-refractivity contribution in [2.24, 2.45) is 10.7 Å². The third kappa shape index (κ3) is 5.28. The molecule has 1 heterocycles. The first-order valence-electron chi connectivity index (χ1n) is 9.60. The Kier molecular flexibility index (Phi) is 6.94. The Morgan fingerprint density at radius 1 is 1.11 bits per heavy atom. The number of hydrogen-bond donors (Lipinski definition) is 2. The minimum Gasteiger partial charge on any atom is -0.493 e. The number of methoxy groups -OCH3 is 2. The molecule has 1 aromatic carbocycles. The van der Waals surface area contributed by atoms with Crippen LogP contribution >= 0.6 is 0 Å². The van der Waals surface area contributed by atoms with Gasteiger partial charge < -0.3 is 25.3 Å². The second-order valence-electron chi connectivity index (χ2n) is 6.78. The highest BCUT2D eigenvalue weighted by Crippen LogP contribution is 2.39. The number of pyridine rings is 1. The SMILES string of the molecule is COc1cccc(OC)c1Oc1ccc(CN=C(N)NC2CCCCC2)cn1. The van der Waals surface area contributed by atoms with E-state index in [9.17, 15) is 0 Å². The zero-order valence-corrected chi connectivity index (χ0v) is 16.5. The highest BCUT2D eigenvalue weighted by molar-refractivity contribution is 5.78. The van der Waals surface area contributed by atoms with Gasteiger partial charge in [0, 0.05) is 18.3 Å². The number of guanidine groups is 1. The summed E-state index contributed by atoms with van der Waals surface area (Å²) in [5.41, 5.74) is 6.97. The van der Waals surface area contributed by atoms with Crippen molar-refractivity contribution < 1.29 is 14.2 Å². The zero-order chi connectivity index (χ0) is 19.8. The normalized spacial score (nSPS) is 15.1. The fourth-order valence-electron chi connectivity index (χ4n) is 3.27. The van der Waals surface area contributed by atoms with E-state index in [-0.39, 0.29) is 0 Å². The fourth-order valence-corrected chi connectivity index (χ4v) is 3.27. The molecule has 1 aliphatic carbocycles. The first-order valence-corrected chi connectivity index (χ1v) is 9.60. The predicted octanol–water partition coefficient (Wildman–Crippen LogP) is 3.63. The standard InChI is InChI=1S/C21H28N4O3/c1-26-17-9-6-10-18(27-2)20(17)28-19-12-11-15(13-23-19)14-24-21(22)25-16-7-4-3-5-8-16/h6,9-13,16H,3-5,7-8,14H2,1-2H3,(H3,22,24,25). The number of hydrogen-bond acceptors (Lipinski definition) is 5. The average Bonchev–Trinajstić information content (AvgIpc) is 2.74. The van der Waals surface area contributed by atoms with Gasteiger partial charge in [-0.25, -0.2) is 9.98 Å². The summed E-state index contributed by atoms with van der Waals surface area (Å²) in [6, 6.07) is 9.61. The Morgan fingerprint density at radius 2 is 1.82 bits per heavy atom. The quantitative estimate of drug-likeness (QED) is 0.560. The minimum atomic E-state index is 0.447. The van der Waals surface area contributed by atoms with Crippen LogP contribution in [0.1, 0.15) is 37.7 Å². The van der Waals surface area contributed by atoms with Gasteiger partial charge in [0.1, 0.15) is 0 Å². The first-order chi connectivity index (χ1) is 13.7. The van der Waals surface area contributed by atoms with E-state index < -0.39 is 0 Å². The summed E-state index contributed by atoms with van der Waals surface area (Å²) < 4.78 is 16.5. The Balaban J connectivity index is 1.60. The number of nitrogens with zero attached hydrogens (tertiary/aromatic N) is 2. The molecule has 0 amide bonds. The molecule has 0 bridgehead atoms. The molecule has 0 aliphatic heterocycles. The minimum absolute atomic E-state index is 0.447. The number of nitrogens with one attached hydrogen (secondary N) is 1. The highest BCUT2D eigenvalue weighted by Gasteiger charge is 2.14. The highest BCUT2D eigenvalue weighted by atomic mass is 16.5. The molecule has 2 aromatic rings. The Hall–Kier alpha value is -2.96. The summed E-state index contributed by atoms with van der Waals surface area (Å²) in [6.45, 7) is 0.469. The molecule has 1 aliphatic rings. The van der Waals surface area contributed by atoms with Crippen LogP contribution in [-0.2, 0) is 6.54 Å². The molecule has 3 rings (SSSR count). The molecule has 28 heavy (non-hydrogen) atoms. The lowest BCUT2D eigenvalue weighted by atomic mass is 9.96. The molecule has 0 spiro atoms. The van der Waals surface area contributed by atoms with Crippen LogP contribution in [0.5, 0.6) is 23.1 Å². The van der Waals surface area contributed by atoms with E-state index in [1.54, 1.807) is 26.5 Å². The van der Waals surface area contributed by atoms with Gasteiger partial charge in [-0.05, 0) is 30.5 Å². The van der Waals surface area contributed by atoms with Crippen LogP contribution in [0.15, 0.2) is 41.5 Å². The van der Waals surface area contributed by atoms with E-state index in [1.165, 1.54) is 19.3 Å². The second-order valence-corrected chi connectivity index (χ2v) is 6.78. The Labute approximate surface area is 165 Å². The van der Waals surface area contributed by atoms with Gasteiger partial charge in [0.25, 0.3) is 0 Å². The van der Waals surface area contributed by atoms with Gasteiger partial charge >= 0.3 is 0 Å². The van der Waals surface area contributed by atoms with Crippen LogP contribution in [0.2, 0.25) is 0 Å². The van der Waals surface area contributed by atoms with Crippen LogP contribution in [0, 0.1) is 0 Å². The van der Waals surface area contributed by atoms with Crippen molar-refractivity contribution in [2.75, 3.05) is 14.2 Å². The van der Waals surface area contributed by atoms with E-state index in [0.29, 0.717) is 41.7 Å². The third-order valence-corrected chi connectivity index (χ3v) is 4.78. The van der Waals surface area contributed by atoms with Crippen molar-refractivity contribution in [1.82, 2.24) is 10.3 Å². The number of aromatic nitrogens is 1. The lowest BCUT2D eigenvalue weighted by Gasteiger charge is -2.23.